The van der Waals surface area contributed by atoms with Crippen molar-refractivity contribution < 1.29 is 4.79 Å². The molecule has 0 atom stereocenters. The number of primary amides is 1. The standard InChI is InChI=1S/C5H8ClNO/c1-4(6)2-3-5(7)8/h2H,3H2,1H3,(H2,7,8)/b4-2-. The van der Waals surface area contributed by atoms with Gasteiger partial charge in [0.2, 0.25) is 5.91 Å². The summed E-state index contributed by atoms with van der Waals surface area (Å²) in [5.41, 5.74) is 4.80. The molecule has 0 spiro atoms. The number of carbonyl (C=O) groups excluding carboxylic acids is 1. The van der Waals surface area contributed by atoms with Gasteiger partial charge in [-0.15, -0.1) is 0 Å². The molecule has 0 heterocycles. The van der Waals surface area contributed by atoms with E-state index < -0.39 is 0 Å². The highest BCUT2D eigenvalue weighted by Crippen LogP contribution is 1.98. The number of rotatable bonds is 2. The molecule has 2 nitrogen and oxygen atoms in total. The molecule has 2 N–H and O–H groups in total. The Morgan fingerprint density at radius 2 is 2.38 bits per heavy atom. The van der Waals surface area contributed by atoms with E-state index in [1.165, 1.54) is 0 Å². The second-order valence-corrected chi connectivity index (χ2v) is 2.06. The molecule has 0 bridgehead atoms. The van der Waals surface area contributed by atoms with Crippen LogP contribution in [0.15, 0.2) is 11.1 Å². The van der Waals surface area contributed by atoms with E-state index in [0.29, 0.717) is 5.03 Å². The van der Waals surface area contributed by atoms with Gasteiger partial charge >= 0.3 is 0 Å². The summed E-state index contributed by atoms with van der Waals surface area (Å²) in [7, 11) is 0. The predicted molar refractivity (Wildman–Crippen MR) is 33.4 cm³/mol. The normalized spacial score (nSPS) is 11.5. The summed E-state index contributed by atoms with van der Waals surface area (Å²) >= 11 is 5.38. The molecule has 0 saturated heterocycles. The Kier molecular flexibility index (Phi) is 3.28. The fourth-order valence-electron chi connectivity index (χ4n) is 0.241. The number of hydrogen-bond donors (Lipinski definition) is 1. The average molecular weight is 134 g/mol. The molecule has 3 heteroatoms. The summed E-state index contributed by atoms with van der Waals surface area (Å²) < 4.78 is 0. The third-order valence-electron chi connectivity index (χ3n) is 0.585. The number of nitrogens with two attached hydrogens (primary N) is 1. The molecular weight excluding hydrogens is 126 g/mol. The van der Waals surface area contributed by atoms with E-state index in [-0.39, 0.29) is 12.3 Å². The van der Waals surface area contributed by atoms with Crippen molar-refractivity contribution >= 4 is 17.5 Å². The Morgan fingerprint density at radius 3 is 2.50 bits per heavy atom. The van der Waals surface area contributed by atoms with Crippen LogP contribution in [0.3, 0.4) is 0 Å². The van der Waals surface area contributed by atoms with Gasteiger partial charge in [-0.1, -0.05) is 17.7 Å². The molecule has 0 aliphatic carbocycles. The summed E-state index contributed by atoms with van der Waals surface area (Å²) in [5, 5.41) is 0.601. The van der Waals surface area contributed by atoms with Gasteiger partial charge in [0, 0.05) is 11.5 Å². The lowest BCUT2D eigenvalue weighted by molar-refractivity contribution is -0.117. The minimum atomic E-state index is -0.356. The van der Waals surface area contributed by atoms with E-state index >= 15 is 0 Å². The third kappa shape index (κ3) is 5.50. The Balaban J connectivity index is 3.45. The number of hydrogen-bond acceptors (Lipinski definition) is 1. The zero-order valence-corrected chi connectivity index (χ0v) is 5.40. The zero-order valence-electron chi connectivity index (χ0n) is 4.65. The Labute approximate surface area is 53.3 Å². The molecule has 8 heavy (non-hydrogen) atoms. The van der Waals surface area contributed by atoms with Crippen molar-refractivity contribution in [3.05, 3.63) is 11.1 Å². The van der Waals surface area contributed by atoms with Crippen molar-refractivity contribution in [3.8, 4) is 0 Å². The van der Waals surface area contributed by atoms with E-state index in [1.54, 1.807) is 13.0 Å². The Morgan fingerprint density at radius 1 is 1.88 bits per heavy atom. The summed E-state index contributed by atoms with van der Waals surface area (Å²) in [6, 6.07) is 0. The minimum Gasteiger partial charge on any atom is -0.369 e. The largest absolute Gasteiger partial charge is 0.369 e. The van der Waals surface area contributed by atoms with Gasteiger partial charge < -0.3 is 5.73 Å². The predicted octanol–water partition coefficient (Wildman–Crippen LogP) is 1.00. The highest BCUT2D eigenvalue weighted by molar-refractivity contribution is 6.29. The van der Waals surface area contributed by atoms with Gasteiger partial charge in [0.1, 0.15) is 0 Å². The van der Waals surface area contributed by atoms with Crippen LogP contribution in [0.25, 0.3) is 0 Å². The number of allylic oxidation sites excluding steroid dienone is 1. The van der Waals surface area contributed by atoms with Crippen LogP contribution in [0.5, 0.6) is 0 Å². The fourth-order valence-corrected chi connectivity index (χ4v) is 0.318. The van der Waals surface area contributed by atoms with Crippen molar-refractivity contribution in [2.45, 2.75) is 13.3 Å². The van der Waals surface area contributed by atoms with E-state index in [9.17, 15) is 4.79 Å². The number of carbonyl (C=O) groups is 1. The van der Waals surface area contributed by atoms with Crippen LogP contribution in [0.1, 0.15) is 13.3 Å². The van der Waals surface area contributed by atoms with Crippen LogP contribution in [-0.2, 0) is 4.79 Å². The minimum absolute atomic E-state index is 0.231. The van der Waals surface area contributed by atoms with Gasteiger partial charge in [0.25, 0.3) is 0 Å². The smallest absolute Gasteiger partial charge is 0.221 e. The molecular formula is C5H8ClNO. The van der Waals surface area contributed by atoms with Gasteiger partial charge in [-0.3, -0.25) is 4.79 Å². The topological polar surface area (TPSA) is 43.1 Å². The summed E-state index contributed by atoms with van der Waals surface area (Å²) in [6.45, 7) is 1.70. The van der Waals surface area contributed by atoms with Crippen molar-refractivity contribution in [1.82, 2.24) is 0 Å². The first kappa shape index (κ1) is 7.50. The van der Waals surface area contributed by atoms with Crippen LogP contribution < -0.4 is 5.73 Å². The number of amides is 1. The second-order valence-electron chi connectivity index (χ2n) is 1.46. The molecule has 1 amide bonds. The zero-order chi connectivity index (χ0) is 6.57. The van der Waals surface area contributed by atoms with E-state index in [4.69, 9.17) is 17.3 Å². The lowest BCUT2D eigenvalue weighted by Gasteiger charge is -1.83. The molecule has 0 saturated carbocycles. The van der Waals surface area contributed by atoms with E-state index in [0.717, 1.165) is 0 Å². The lowest BCUT2D eigenvalue weighted by Crippen LogP contribution is -2.08. The van der Waals surface area contributed by atoms with Crippen LogP contribution in [0.2, 0.25) is 0 Å². The maximum absolute atomic E-state index is 10.0. The molecule has 0 aromatic carbocycles. The molecule has 0 aromatic heterocycles. The van der Waals surface area contributed by atoms with Crippen LogP contribution in [0.4, 0.5) is 0 Å². The molecule has 0 aliphatic heterocycles. The van der Waals surface area contributed by atoms with Gasteiger partial charge in [-0.2, -0.15) is 0 Å². The quantitative estimate of drug-likeness (QED) is 0.600. The summed E-state index contributed by atoms with van der Waals surface area (Å²) in [4.78, 5) is 10.0. The van der Waals surface area contributed by atoms with Gasteiger partial charge in [0.05, 0.1) is 0 Å². The summed E-state index contributed by atoms with van der Waals surface area (Å²) in [6.07, 6.45) is 1.80. The van der Waals surface area contributed by atoms with E-state index in [2.05, 4.69) is 0 Å². The van der Waals surface area contributed by atoms with Gasteiger partial charge in [-0.05, 0) is 6.92 Å². The molecule has 0 aromatic rings. The van der Waals surface area contributed by atoms with Gasteiger partial charge in [0.15, 0.2) is 0 Å². The van der Waals surface area contributed by atoms with Crippen molar-refractivity contribution in [3.63, 3.8) is 0 Å². The van der Waals surface area contributed by atoms with Crippen LogP contribution in [0, 0.1) is 0 Å². The average Bonchev–Trinajstić information content (AvgIpc) is 1.61. The van der Waals surface area contributed by atoms with E-state index in [1.807, 2.05) is 0 Å². The third-order valence-corrected chi connectivity index (χ3v) is 0.739. The first-order chi connectivity index (χ1) is 3.63. The number of halogens is 1. The molecule has 0 rings (SSSR count). The molecule has 0 fully saturated rings. The molecule has 0 radical (unpaired) electrons. The highest BCUT2D eigenvalue weighted by atomic mass is 35.5. The summed E-state index contributed by atoms with van der Waals surface area (Å²) in [5.74, 6) is -0.356. The molecule has 46 valence electrons. The maximum atomic E-state index is 10.0. The van der Waals surface area contributed by atoms with Gasteiger partial charge in [-0.25, -0.2) is 0 Å². The monoisotopic (exact) mass is 133 g/mol. The van der Waals surface area contributed by atoms with Crippen molar-refractivity contribution in [2.24, 2.45) is 5.73 Å². The van der Waals surface area contributed by atoms with Crippen molar-refractivity contribution in [1.29, 1.82) is 0 Å². The van der Waals surface area contributed by atoms with Crippen molar-refractivity contribution in [2.75, 3.05) is 0 Å². The van der Waals surface area contributed by atoms with Crippen LogP contribution >= 0.6 is 11.6 Å². The highest BCUT2D eigenvalue weighted by Gasteiger charge is 1.86. The maximum Gasteiger partial charge on any atom is 0.221 e. The lowest BCUT2D eigenvalue weighted by atomic mass is 10.4. The van der Waals surface area contributed by atoms with Crippen LogP contribution in [-0.4, -0.2) is 5.91 Å². The first-order valence-electron chi connectivity index (χ1n) is 2.23. The Bertz CT molecular complexity index is 116. The molecule has 0 unspecified atom stereocenters. The fraction of sp³-hybridized carbons (Fsp3) is 0.400. The SMILES string of the molecule is C/C(Cl)=C/CC(N)=O. The molecule has 0 aliphatic rings. The first-order valence-corrected chi connectivity index (χ1v) is 2.61. The second kappa shape index (κ2) is 3.50. The Hall–Kier alpha value is -0.500.